The van der Waals surface area contributed by atoms with Crippen LogP contribution >= 0.6 is 11.3 Å². The van der Waals surface area contributed by atoms with Crippen molar-refractivity contribution >= 4 is 29.0 Å². The van der Waals surface area contributed by atoms with Crippen molar-refractivity contribution in [3.63, 3.8) is 0 Å². The normalized spacial score (nSPS) is 15.2. The molecule has 0 radical (unpaired) electrons. The van der Waals surface area contributed by atoms with Crippen molar-refractivity contribution in [1.29, 1.82) is 0 Å². The average Bonchev–Trinajstić information content (AvgIpc) is 3.31. The van der Waals surface area contributed by atoms with Crippen LogP contribution in [0.5, 0.6) is 5.75 Å². The Balaban J connectivity index is 1.51. The molecule has 0 fully saturated rings. The van der Waals surface area contributed by atoms with Gasteiger partial charge in [0.1, 0.15) is 24.7 Å². The molecule has 1 N–H and O–H groups in total. The van der Waals surface area contributed by atoms with E-state index in [0.29, 0.717) is 18.0 Å². The van der Waals surface area contributed by atoms with E-state index in [1.165, 1.54) is 17.0 Å². The first-order valence-corrected chi connectivity index (χ1v) is 12.9. The molecule has 1 aromatic heterocycles. The number of halogens is 1. The second-order valence-corrected chi connectivity index (χ2v) is 11.0. The van der Waals surface area contributed by atoms with Gasteiger partial charge in [-0.1, -0.05) is 17.7 Å². The summed E-state index contributed by atoms with van der Waals surface area (Å²) < 4.78 is 19.3. The number of amides is 3. The van der Waals surface area contributed by atoms with Crippen molar-refractivity contribution in [1.82, 2.24) is 9.80 Å². The molecule has 1 atom stereocenters. The number of carbonyl (C=O) groups excluding carboxylic acids is 2. The van der Waals surface area contributed by atoms with E-state index >= 15 is 0 Å². The number of urea groups is 1. The van der Waals surface area contributed by atoms with E-state index in [1.807, 2.05) is 63.4 Å². The highest BCUT2D eigenvalue weighted by molar-refractivity contribution is 7.10. The summed E-state index contributed by atoms with van der Waals surface area (Å²) in [5.74, 6) is 0.0663. The number of nitrogens with zero attached hydrogens (tertiary/aromatic N) is 2. The largest absolute Gasteiger partial charge is 0.491 e. The summed E-state index contributed by atoms with van der Waals surface area (Å²) in [7, 11) is 0. The molecule has 1 aliphatic heterocycles. The van der Waals surface area contributed by atoms with E-state index < -0.39 is 5.54 Å². The van der Waals surface area contributed by atoms with Gasteiger partial charge in [0, 0.05) is 22.6 Å². The number of anilines is 1. The number of nitrogens with one attached hydrogen (secondary N) is 1. The topological polar surface area (TPSA) is 61.9 Å². The number of fused-ring (bicyclic) bond motifs is 1. The maximum absolute atomic E-state index is 13.7. The zero-order valence-corrected chi connectivity index (χ0v) is 21.9. The summed E-state index contributed by atoms with van der Waals surface area (Å²) in [6, 6.07) is 14.8. The molecule has 190 valence electrons. The first-order valence-electron chi connectivity index (χ1n) is 12.0. The lowest BCUT2D eigenvalue weighted by atomic mass is 10.00. The number of rotatable bonds is 6. The number of hydrogen-bond donors (Lipinski definition) is 1. The van der Waals surface area contributed by atoms with E-state index in [2.05, 4.69) is 5.32 Å². The predicted octanol–water partition coefficient (Wildman–Crippen LogP) is 6.03. The molecule has 8 heteroatoms. The van der Waals surface area contributed by atoms with Gasteiger partial charge in [0.05, 0.1) is 6.04 Å². The number of thiophene rings is 1. The first kappa shape index (κ1) is 25.7. The molecular formula is C28H32FN3O3S. The van der Waals surface area contributed by atoms with Crippen LogP contribution in [0.3, 0.4) is 0 Å². The molecule has 0 bridgehead atoms. The Morgan fingerprint density at radius 1 is 1.11 bits per heavy atom. The molecule has 3 aromatic rings. The van der Waals surface area contributed by atoms with Gasteiger partial charge >= 0.3 is 6.03 Å². The van der Waals surface area contributed by atoms with Gasteiger partial charge in [-0.25, -0.2) is 9.18 Å². The molecule has 36 heavy (non-hydrogen) atoms. The molecule has 1 aliphatic rings. The Morgan fingerprint density at radius 2 is 1.81 bits per heavy atom. The molecule has 3 amide bonds. The number of carbonyl (C=O) groups is 2. The molecule has 0 saturated heterocycles. The van der Waals surface area contributed by atoms with Crippen LogP contribution in [0.4, 0.5) is 14.9 Å². The summed E-state index contributed by atoms with van der Waals surface area (Å²) in [5.41, 5.74) is 2.27. The van der Waals surface area contributed by atoms with Crippen LogP contribution in [0.25, 0.3) is 0 Å². The third-order valence-corrected chi connectivity index (χ3v) is 7.28. The van der Waals surface area contributed by atoms with E-state index in [4.69, 9.17) is 4.74 Å². The molecule has 1 unspecified atom stereocenters. The molecule has 4 rings (SSSR count). The van der Waals surface area contributed by atoms with Crippen LogP contribution in [0.1, 0.15) is 42.8 Å². The van der Waals surface area contributed by atoms with Gasteiger partial charge in [-0.15, -0.1) is 11.3 Å². The number of ether oxygens (including phenoxy) is 1. The highest BCUT2D eigenvalue weighted by Gasteiger charge is 2.36. The Bertz CT molecular complexity index is 1200. The lowest BCUT2D eigenvalue weighted by Crippen LogP contribution is -2.54. The van der Waals surface area contributed by atoms with Gasteiger partial charge in [-0.05, 0) is 87.5 Å². The summed E-state index contributed by atoms with van der Waals surface area (Å²) in [6.45, 7) is 8.45. The first-order chi connectivity index (χ1) is 17.1. The van der Waals surface area contributed by atoms with E-state index in [9.17, 15) is 14.0 Å². The third kappa shape index (κ3) is 6.05. The highest BCUT2D eigenvalue weighted by Crippen LogP contribution is 2.34. The van der Waals surface area contributed by atoms with Crippen molar-refractivity contribution in [2.75, 3.05) is 25.0 Å². The number of benzene rings is 2. The standard InChI is InChI=1S/C28H32FN3O3S/c1-19-5-9-21(10-6-19)30-27(34)32(28(2,3)4)17-26(33)31-15-13-25-23(14-16-36-25)24(31)18-35-22-11-7-20(29)8-12-22/h5-12,14,16,24H,13,15,17-18H2,1-4H3,(H,30,34). The molecule has 2 aromatic carbocycles. The maximum atomic E-state index is 13.7. The van der Waals surface area contributed by atoms with Crippen LogP contribution in [0.2, 0.25) is 0 Å². The van der Waals surface area contributed by atoms with Gasteiger partial charge in [0.25, 0.3) is 0 Å². The summed E-state index contributed by atoms with van der Waals surface area (Å²) in [5, 5.41) is 4.95. The lowest BCUT2D eigenvalue weighted by molar-refractivity contribution is -0.136. The van der Waals surface area contributed by atoms with Crippen molar-refractivity contribution in [3.05, 3.63) is 81.8 Å². The smallest absolute Gasteiger partial charge is 0.322 e. The zero-order valence-electron chi connectivity index (χ0n) is 21.1. The molecule has 2 heterocycles. The minimum Gasteiger partial charge on any atom is -0.491 e. The highest BCUT2D eigenvalue weighted by atomic mass is 32.1. The summed E-state index contributed by atoms with van der Waals surface area (Å²) in [4.78, 5) is 31.5. The number of hydrogen-bond acceptors (Lipinski definition) is 4. The van der Waals surface area contributed by atoms with Gasteiger partial charge in [0.2, 0.25) is 5.91 Å². The fraction of sp³-hybridized carbons (Fsp3) is 0.357. The van der Waals surface area contributed by atoms with Crippen LogP contribution in [0.15, 0.2) is 60.0 Å². The quantitative estimate of drug-likeness (QED) is 0.441. The monoisotopic (exact) mass is 509 g/mol. The van der Waals surface area contributed by atoms with Crippen LogP contribution in [0, 0.1) is 12.7 Å². The van der Waals surface area contributed by atoms with Gasteiger partial charge in [-0.3, -0.25) is 4.79 Å². The SMILES string of the molecule is Cc1ccc(NC(=O)N(CC(=O)N2CCc3sccc3C2COc2ccc(F)cc2)C(C)(C)C)cc1. The second-order valence-electron chi connectivity index (χ2n) is 9.97. The van der Waals surface area contributed by atoms with Crippen LogP contribution in [-0.2, 0) is 11.2 Å². The van der Waals surface area contributed by atoms with Crippen molar-refractivity contribution in [3.8, 4) is 5.75 Å². The fourth-order valence-corrected chi connectivity index (χ4v) is 5.18. The van der Waals surface area contributed by atoms with Crippen molar-refractivity contribution < 1.29 is 18.7 Å². The second kappa shape index (κ2) is 10.7. The van der Waals surface area contributed by atoms with Crippen LogP contribution < -0.4 is 10.1 Å². The van der Waals surface area contributed by atoms with E-state index in [-0.39, 0.29) is 36.9 Å². The lowest BCUT2D eigenvalue weighted by Gasteiger charge is -2.40. The Morgan fingerprint density at radius 3 is 2.47 bits per heavy atom. The van der Waals surface area contributed by atoms with E-state index in [1.54, 1.807) is 33.3 Å². The Hall–Kier alpha value is -3.39. The van der Waals surface area contributed by atoms with Crippen molar-refractivity contribution in [2.24, 2.45) is 0 Å². The van der Waals surface area contributed by atoms with Gasteiger partial charge in [0.15, 0.2) is 0 Å². The molecule has 6 nitrogen and oxygen atoms in total. The molecule has 0 aliphatic carbocycles. The minimum atomic E-state index is -0.576. The van der Waals surface area contributed by atoms with Crippen LogP contribution in [-0.4, -0.2) is 47.0 Å². The van der Waals surface area contributed by atoms with Gasteiger partial charge in [-0.2, -0.15) is 0 Å². The third-order valence-electron chi connectivity index (χ3n) is 6.29. The maximum Gasteiger partial charge on any atom is 0.322 e. The molecule has 0 saturated carbocycles. The average molecular weight is 510 g/mol. The molecular weight excluding hydrogens is 477 g/mol. The Labute approximate surface area is 215 Å². The van der Waals surface area contributed by atoms with E-state index in [0.717, 1.165) is 17.5 Å². The van der Waals surface area contributed by atoms with Crippen molar-refractivity contribution in [2.45, 2.75) is 45.7 Å². The minimum absolute atomic E-state index is 0.0618. The zero-order chi connectivity index (χ0) is 25.9. The summed E-state index contributed by atoms with van der Waals surface area (Å²) in [6.07, 6.45) is 0.761. The van der Waals surface area contributed by atoms with Gasteiger partial charge < -0.3 is 19.9 Å². The Kier molecular flexibility index (Phi) is 7.64. The fourth-order valence-electron chi connectivity index (χ4n) is 4.25. The predicted molar refractivity (Wildman–Crippen MR) is 141 cm³/mol. The molecule has 0 spiro atoms. The number of aryl methyl sites for hydroxylation is 1. The summed E-state index contributed by atoms with van der Waals surface area (Å²) >= 11 is 1.67.